The molecule has 2 aromatic rings. The highest BCUT2D eigenvalue weighted by atomic mass is 16.3. The maximum absolute atomic E-state index is 9.72. The summed E-state index contributed by atoms with van der Waals surface area (Å²) in [5.41, 5.74) is -0.254. The fraction of sp³-hybridized carbons (Fsp3) is 0.429. The fourth-order valence-corrected chi connectivity index (χ4v) is 1.75. The number of rotatable bonds is 5. The summed E-state index contributed by atoms with van der Waals surface area (Å²) in [4.78, 5) is 0. The highest BCUT2D eigenvalue weighted by Crippen LogP contribution is 2.23. The second-order valence-corrected chi connectivity index (χ2v) is 4.94. The molecule has 0 saturated carbocycles. The molecule has 4 nitrogen and oxygen atoms in total. The smallest absolute Gasteiger partial charge is 0.134 e. The van der Waals surface area contributed by atoms with Crippen molar-refractivity contribution in [1.29, 1.82) is 0 Å². The molecule has 4 heteroatoms. The fourth-order valence-electron chi connectivity index (χ4n) is 1.75. The van der Waals surface area contributed by atoms with Crippen LogP contribution in [0.2, 0.25) is 0 Å². The molecule has 0 radical (unpaired) electrons. The molecular weight excluding hydrogens is 230 g/mol. The second-order valence-electron chi connectivity index (χ2n) is 4.94. The number of benzene rings is 1. The van der Waals surface area contributed by atoms with Crippen LogP contribution >= 0.6 is 0 Å². The van der Waals surface area contributed by atoms with Crippen LogP contribution in [-0.4, -0.2) is 29.0 Å². The van der Waals surface area contributed by atoms with Gasteiger partial charge in [0.15, 0.2) is 0 Å². The van der Waals surface area contributed by atoms with Crippen LogP contribution in [0.1, 0.15) is 25.6 Å². The van der Waals surface area contributed by atoms with Gasteiger partial charge in [-0.3, -0.25) is 0 Å². The molecular formula is C14H19NO3. The van der Waals surface area contributed by atoms with Crippen LogP contribution in [0.5, 0.6) is 0 Å². The van der Waals surface area contributed by atoms with Gasteiger partial charge in [-0.15, -0.1) is 0 Å². The maximum Gasteiger partial charge on any atom is 0.134 e. The summed E-state index contributed by atoms with van der Waals surface area (Å²) < 4.78 is 5.72. The molecule has 1 aromatic heterocycles. The predicted molar refractivity (Wildman–Crippen MR) is 70.3 cm³/mol. The highest BCUT2D eigenvalue weighted by Gasteiger charge is 2.20. The molecule has 18 heavy (non-hydrogen) atoms. The van der Waals surface area contributed by atoms with Crippen LogP contribution < -0.4 is 5.32 Å². The molecule has 3 N–H and O–H groups in total. The van der Waals surface area contributed by atoms with Crippen LogP contribution in [-0.2, 0) is 0 Å². The van der Waals surface area contributed by atoms with Gasteiger partial charge in [-0.05, 0) is 26.0 Å². The van der Waals surface area contributed by atoms with E-state index in [1.807, 2.05) is 37.3 Å². The molecule has 0 bridgehead atoms. The van der Waals surface area contributed by atoms with E-state index in [4.69, 9.17) is 9.52 Å². The molecule has 0 aliphatic rings. The summed E-state index contributed by atoms with van der Waals surface area (Å²) in [7, 11) is 0. The topological polar surface area (TPSA) is 65.6 Å². The van der Waals surface area contributed by atoms with Crippen LogP contribution in [0.15, 0.2) is 34.7 Å². The maximum atomic E-state index is 9.72. The zero-order chi connectivity index (χ0) is 13.2. The van der Waals surface area contributed by atoms with Crippen molar-refractivity contribution in [3.8, 4) is 0 Å². The highest BCUT2D eigenvalue weighted by molar-refractivity contribution is 5.77. The van der Waals surface area contributed by atoms with Gasteiger partial charge >= 0.3 is 0 Å². The normalized spacial score (nSPS) is 16.7. The Balaban J connectivity index is 2.07. The van der Waals surface area contributed by atoms with E-state index >= 15 is 0 Å². The number of fused-ring (bicyclic) bond motifs is 1. The van der Waals surface area contributed by atoms with Gasteiger partial charge in [-0.25, -0.2) is 0 Å². The van der Waals surface area contributed by atoms with Crippen molar-refractivity contribution in [2.75, 3.05) is 13.2 Å². The minimum atomic E-state index is -1.11. The van der Waals surface area contributed by atoms with Crippen molar-refractivity contribution in [2.45, 2.75) is 25.5 Å². The summed E-state index contributed by atoms with van der Waals surface area (Å²) in [6.07, 6.45) is 0. The molecule has 1 heterocycles. The first kappa shape index (κ1) is 13.1. The van der Waals surface area contributed by atoms with Gasteiger partial charge in [-0.1, -0.05) is 18.2 Å². The van der Waals surface area contributed by atoms with Crippen molar-refractivity contribution >= 4 is 11.0 Å². The van der Waals surface area contributed by atoms with Crippen LogP contribution in [0.4, 0.5) is 0 Å². The lowest BCUT2D eigenvalue weighted by Gasteiger charge is -2.22. The Morgan fingerprint density at radius 2 is 2.11 bits per heavy atom. The van der Waals surface area contributed by atoms with E-state index < -0.39 is 5.60 Å². The largest absolute Gasteiger partial charge is 0.459 e. The predicted octanol–water partition coefficient (Wildman–Crippen LogP) is 1.83. The van der Waals surface area contributed by atoms with E-state index in [9.17, 15) is 5.11 Å². The lowest BCUT2D eigenvalue weighted by molar-refractivity contribution is 0.000684. The third-order valence-corrected chi connectivity index (χ3v) is 3.00. The molecule has 0 amide bonds. The SMILES string of the molecule is CC(NCC(C)(O)CO)c1cc2ccccc2o1. The summed E-state index contributed by atoms with van der Waals surface area (Å²) in [6.45, 7) is 3.59. The minimum Gasteiger partial charge on any atom is -0.459 e. The van der Waals surface area contributed by atoms with E-state index in [2.05, 4.69) is 5.32 Å². The van der Waals surface area contributed by atoms with Crippen LogP contribution in [0.25, 0.3) is 11.0 Å². The average Bonchev–Trinajstić information content (AvgIpc) is 2.80. The lowest BCUT2D eigenvalue weighted by atomic mass is 10.1. The quantitative estimate of drug-likeness (QED) is 0.756. The van der Waals surface area contributed by atoms with Crippen molar-refractivity contribution in [3.05, 3.63) is 36.1 Å². The van der Waals surface area contributed by atoms with Crippen LogP contribution in [0, 0.1) is 0 Å². The summed E-state index contributed by atoms with van der Waals surface area (Å²) in [6, 6.07) is 9.80. The van der Waals surface area contributed by atoms with Crippen molar-refractivity contribution in [1.82, 2.24) is 5.32 Å². The van der Waals surface area contributed by atoms with Gasteiger partial charge in [-0.2, -0.15) is 0 Å². The van der Waals surface area contributed by atoms with E-state index in [1.165, 1.54) is 0 Å². The van der Waals surface area contributed by atoms with Crippen molar-refractivity contribution in [3.63, 3.8) is 0 Å². The van der Waals surface area contributed by atoms with Gasteiger partial charge < -0.3 is 19.9 Å². The Morgan fingerprint density at radius 3 is 2.78 bits per heavy atom. The van der Waals surface area contributed by atoms with E-state index in [0.717, 1.165) is 16.7 Å². The first-order chi connectivity index (χ1) is 8.52. The lowest BCUT2D eigenvalue weighted by Crippen LogP contribution is -2.41. The van der Waals surface area contributed by atoms with Gasteiger partial charge in [0.25, 0.3) is 0 Å². The Labute approximate surface area is 106 Å². The minimum absolute atomic E-state index is 0.0181. The zero-order valence-electron chi connectivity index (χ0n) is 10.7. The Morgan fingerprint density at radius 1 is 1.39 bits per heavy atom. The van der Waals surface area contributed by atoms with E-state index in [1.54, 1.807) is 6.92 Å². The summed E-state index contributed by atoms with van der Waals surface area (Å²) in [5, 5.41) is 22.9. The molecule has 98 valence electrons. The number of hydrogen-bond acceptors (Lipinski definition) is 4. The molecule has 1 aromatic carbocycles. The number of para-hydroxylation sites is 1. The standard InChI is InChI=1S/C14H19NO3/c1-10(15-8-14(2,17)9-16)13-7-11-5-3-4-6-12(11)18-13/h3-7,10,15-17H,8-9H2,1-2H3. The van der Waals surface area contributed by atoms with E-state index in [0.29, 0.717) is 6.54 Å². The zero-order valence-corrected chi connectivity index (χ0v) is 10.7. The van der Waals surface area contributed by atoms with Crippen molar-refractivity contribution in [2.24, 2.45) is 0 Å². The monoisotopic (exact) mass is 249 g/mol. The third kappa shape index (κ3) is 2.90. The summed E-state index contributed by atoms with van der Waals surface area (Å²) >= 11 is 0. The first-order valence-corrected chi connectivity index (χ1v) is 6.07. The number of nitrogens with one attached hydrogen (secondary N) is 1. The van der Waals surface area contributed by atoms with Crippen molar-refractivity contribution < 1.29 is 14.6 Å². The van der Waals surface area contributed by atoms with E-state index in [-0.39, 0.29) is 12.6 Å². The molecule has 2 atom stereocenters. The third-order valence-electron chi connectivity index (χ3n) is 3.00. The second kappa shape index (κ2) is 5.10. The molecule has 0 aliphatic heterocycles. The summed E-state index contributed by atoms with van der Waals surface area (Å²) in [5.74, 6) is 0.824. The van der Waals surface area contributed by atoms with Crippen LogP contribution in [0.3, 0.4) is 0 Å². The van der Waals surface area contributed by atoms with Gasteiger partial charge in [0.1, 0.15) is 11.3 Å². The van der Waals surface area contributed by atoms with Gasteiger partial charge in [0.2, 0.25) is 0 Å². The number of aliphatic hydroxyl groups excluding tert-OH is 1. The Hall–Kier alpha value is -1.36. The Bertz CT molecular complexity index is 485. The molecule has 0 aliphatic carbocycles. The molecule has 2 unspecified atom stereocenters. The number of aliphatic hydroxyl groups is 2. The molecule has 0 saturated heterocycles. The first-order valence-electron chi connectivity index (χ1n) is 6.07. The number of hydrogen-bond donors (Lipinski definition) is 3. The average molecular weight is 249 g/mol. The van der Waals surface area contributed by atoms with Gasteiger partial charge in [0.05, 0.1) is 18.2 Å². The molecule has 0 spiro atoms. The number of furan rings is 1. The molecule has 2 rings (SSSR count). The molecule has 0 fully saturated rings. The Kier molecular flexibility index (Phi) is 3.71. The van der Waals surface area contributed by atoms with Gasteiger partial charge in [0, 0.05) is 11.9 Å².